The Bertz CT molecular complexity index is 712. The number of ether oxygens (including phenoxy) is 1. The van der Waals surface area contributed by atoms with Crippen molar-refractivity contribution in [3.8, 4) is 5.75 Å². The first kappa shape index (κ1) is 16.0. The fraction of sp³-hybridized carbons (Fsp3) is 0.353. The Hall–Kier alpha value is -2.83. The minimum absolute atomic E-state index is 0.144. The lowest BCUT2D eigenvalue weighted by atomic mass is 10.0. The average molecular weight is 328 g/mol. The lowest BCUT2D eigenvalue weighted by Crippen LogP contribution is -2.35. The van der Waals surface area contributed by atoms with Crippen molar-refractivity contribution in [1.82, 2.24) is 14.9 Å². The maximum atomic E-state index is 12.2. The van der Waals surface area contributed by atoms with Crippen LogP contribution in [0.5, 0.6) is 5.75 Å². The molecule has 0 bridgehead atoms. The van der Waals surface area contributed by atoms with Crippen LogP contribution < -0.4 is 10.1 Å². The number of hydrogen-bond acceptors (Lipinski definition) is 5. The Morgan fingerprint density at radius 3 is 3.12 bits per heavy atom. The van der Waals surface area contributed by atoms with Crippen molar-refractivity contribution in [3.63, 3.8) is 0 Å². The van der Waals surface area contributed by atoms with Crippen molar-refractivity contribution in [2.45, 2.75) is 25.5 Å². The molecule has 7 nitrogen and oxygen atoms in total. The molecule has 3 rings (SSSR count). The van der Waals surface area contributed by atoms with Crippen LogP contribution in [0, 0.1) is 0 Å². The zero-order valence-corrected chi connectivity index (χ0v) is 13.5. The second-order valence-corrected chi connectivity index (χ2v) is 5.48. The van der Waals surface area contributed by atoms with Gasteiger partial charge in [-0.3, -0.25) is 4.79 Å². The summed E-state index contributed by atoms with van der Waals surface area (Å²) in [6.45, 7) is 1.40. The number of hydrogen-bond donors (Lipinski definition) is 1. The third-order valence-corrected chi connectivity index (χ3v) is 3.83. The summed E-state index contributed by atoms with van der Waals surface area (Å²) in [5, 5.41) is 6.93. The summed E-state index contributed by atoms with van der Waals surface area (Å²) >= 11 is 0. The van der Waals surface area contributed by atoms with E-state index in [1.54, 1.807) is 19.6 Å². The molecule has 1 atom stereocenters. The van der Waals surface area contributed by atoms with Gasteiger partial charge in [0.25, 0.3) is 5.91 Å². The number of aryl methyl sites for hydroxylation is 1. The third kappa shape index (κ3) is 3.73. The van der Waals surface area contributed by atoms with Gasteiger partial charge in [-0.25, -0.2) is 4.98 Å². The van der Waals surface area contributed by atoms with Crippen molar-refractivity contribution in [2.24, 2.45) is 5.16 Å². The lowest BCUT2D eigenvalue weighted by Gasteiger charge is -2.10. The summed E-state index contributed by atoms with van der Waals surface area (Å²) in [6, 6.07) is 7.57. The first-order chi connectivity index (χ1) is 11.8. The Morgan fingerprint density at radius 1 is 1.46 bits per heavy atom. The van der Waals surface area contributed by atoms with Gasteiger partial charge in [0.2, 0.25) is 6.10 Å². The topological polar surface area (TPSA) is 77.7 Å². The molecule has 0 spiro atoms. The molecule has 1 aromatic carbocycles. The molecule has 1 N–H and O–H groups in total. The Morgan fingerprint density at radius 2 is 2.33 bits per heavy atom. The number of oxime groups is 1. The second-order valence-electron chi connectivity index (χ2n) is 5.48. The number of imidazole rings is 1. The van der Waals surface area contributed by atoms with E-state index in [2.05, 4.69) is 15.5 Å². The molecule has 24 heavy (non-hydrogen) atoms. The fourth-order valence-corrected chi connectivity index (χ4v) is 2.57. The molecule has 2 aromatic rings. The predicted molar refractivity (Wildman–Crippen MR) is 88.9 cm³/mol. The summed E-state index contributed by atoms with van der Waals surface area (Å²) in [5.41, 5.74) is 1.58. The number of benzene rings is 1. The van der Waals surface area contributed by atoms with Crippen molar-refractivity contribution in [1.29, 1.82) is 0 Å². The highest BCUT2D eigenvalue weighted by Gasteiger charge is 2.29. The number of amides is 1. The summed E-state index contributed by atoms with van der Waals surface area (Å²) in [6.07, 6.45) is 6.08. The Balaban J connectivity index is 1.46. The Kier molecular flexibility index (Phi) is 5.10. The van der Waals surface area contributed by atoms with Gasteiger partial charge in [-0.1, -0.05) is 17.3 Å². The third-order valence-electron chi connectivity index (χ3n) is 3.83. The van der Waals surface area contributed by atoms with Crippen LogP contribution in [0.3, 0.4) is 0 Å². The SMILES string of the molecule is COc1ccccc1C1=NOC(C(=O)NCCCn2ccnc2)C1. The van der Waals surface area contributed by atoms with Crippen LogP contribution in [-0.4, -0.2) is 40.9 Å². The molecular formula is C17H20N4O3. The molecule has 0 saturated carbocycles. The number of carbonyl (C=O) groups is 1. The van der Waals surface area contributed by atoms with Crippen molar-refractivity contribution >= 4 is 11.6 Å². The van der Waals surface area contributed by atoms with E-state index in [1.807, 2.05) is 35.0 Å². The number of methoxy groups -OCH3 is 1. The molecule has 2 heterocycles. The van der Waals surface area contributed by atoms with Gasteiger partial charge in [-0.2, -0.15) is 0 Å². The molecule has 7 heteroatoms. The van der Waals surface area contributed by atoms with Crippen LogP contribution in [0.25, 0.3) is 0 Å². The zero-order valence-electron chi connectivity index (χ0n) is 13.5. The first-order valence-corrected chi connectivity index (χ1v) is 7.87. The molecule has 0 saturated heterocycles. The van der Waals surface area contributed by atoms with E-state index in [1.165, 1.54) is 0 Å². The van der Waals surface area contributed by atoms with Crippen LogP contribution in [0.2, 0.25) is 0 Å². The van der Waals surface area contributed by atoms with Gasteiger partial charge >= 0.3 is 0 Å². The predicted octanol–water partition coefficient (Wildman–Crippen LogP) is 1.59. The van der Waals surface area contributed by atoms with Gasteiger partial charge in [0.1, 0.15) is 5.75 Å². The summed E-state index contributed by atoms with van der Waals surface area (Å²) in [4.78, 5) is 21.4. The Labute approximate surface area is 140 Å². The molecule has 126 valence electrons. The maximum absolute atomic E-state index is 12.2. The highest BCUT2D eigenvalue weighted by molar-refractivity contribution is 6.05. The summed E-state index contributed by atoms with van der Waals surface area (Å²) in [5.74, 6) is 0.579. The average Bonchev–Trinajstić information content (AvgIpc) is 3.30. The van der Waals surface area contributed by atoms with Crippen molar-refractivity contribution in [3.05, 3.63) is 48.5 Å². The van der Waals surface area contributed by atoms with Gasteiger partial charge in [-0.05, 0) is 18.6 Å². The van der Waals surface area contributed by atoms with E-state index in [0.717, 1.165) is 30.0 Å². The molecule has 0 aliphatic carbocycles. The van der Waals surface area contributed by atoms with Gasteiger partial charge in [0.15, 0.2) is 0 Å². The van der Waals surface area contributed by atoms with Crippen LogP contribution in [0.1, 0.15) is 18.4 Å². The van der Waals surface area contributed by atoms with Crippen LogP contribution in [0.15, 0.2) is 48.1 Å². The maximum Gasteiger partial charge on any atom is 0.264 e. The lowest BCUT2D eigenvalue weighted by molar-refractivity contribution is -0.131. The van der Waals surface area contributed by atoms with Gasteiger partial charge in [0.05, 0.1) is 19.1 Å². The smallest absolute Gasteiger partial charge is 0.264 e. The second kappa shape index (κ2) is 7.63. The van der Waals surface area contributed by atoms with Gasteiger partial charge in [0, 0.05) is 37.5 Å². The van der Waals surface area contributed by atoms with Crippen LogP contribution >= 0.6 is 0 Å². The van der Waals surface area contributed by atoms with Gasteiger partial charge < -0.3 is 19.5 Å². The van der Waals surface area contributed by atoms with Crippen LogP contribution in [0.4, 0.5) is 0 Å². The summed E-state index contributed by atoms with van der Waals surface area (Å²) in [7, 11) is 1.61. The van der Waals surface area contributed by atoms with E-state index in [9.17, 15) is 4.79 Å². The number of nitrogens with one attached hydrogen (secondary N) is 1. The summed E-state index contributed by atoms with van der Waals surface area (Å²) < 4.78 is 7.30. The number of carbonyl (C=O) groups excluding carboxylic acids is 1. The van der Waals surface area contributed by atoms with Crippen molar-refractivity contribution in [2.75, 3.05) is 13.7 Å². The normalized spacial score (nSPS) is 16.4. The molecule has 1 unspecified atom stereocenters. The van der Waals surface area contributed by atoms with E-state index >= 15 is 0 Å². The highest BCUT2D eigenvalue weighted by atomic mass is 16.6. The monoisotopic (exact) mass is 328 g/mol. The molecular weight excluding hydrogens is 308 g/mol. The van der Waals surface area contributed by atoms with E-state index in [0.29, 0.717) is 13.0 Å². The number of nitrogens with zero attached hydrogens (tertiary/aromatic N) is 3. The van der Waals surface area contributed by atoms with E-state index < -0.39 is 6.10 Å². The minimum Gasteiger partial charge on any atom is -0.496 e. The highest BCUT2D eigenvalue weighted by Crippen LogP contribution is 2.24. The number of rotatable bonds is 7. The molecule has 1 aliphatic rings. The number of aromatic nitrogens is 2. The molecule has 1 amide bonds. The standard InChI is InChI=1S/C17H20N4O3/c1-23-15-6-3-2-5-13(15)14-11-16(24-20-14)17(22)19-7-4-9-21-10-8-18-12-21/h2-3,5-6,8,10,12,16H,4,7,9,11H2,1H3,(H,19,22). The van der Waals surface area contributed by atoms with E-state index in [-0.39, 0.29) is 5.91 Å². The first-order valence-electron chi connectivity index (χ1n) is 7.87. The largest absolute Gasteiger partial charge is 0.496 e. The van der Waals surface area contributed by atoms with Gasteiger partial charge in [-0.15, -0.1) is 0 Å². The quantitative estimate of drug-likeness (QED) is 0.783. The fourth-order valence-electron chi connectivity index (χ4n) is 2.57. The molecule has 1 aromatic heterocycles. The minimum atomic E-state index is -0.585. The zero-order chi connectivity index (χ0) is 16.8. The van der Waals surface area contributed by atoms with Crippen LogP contribution in [-0.2, 0) is 16.2 Å². The molecule has 0 radical (unpaired) electrons. The van der Waals surface area contributed by atoms with E-state index in [4.69, 9.17) is 9.57 Å². The molecule has 1 aliphatic heterocycles. The molecule has 0 fully saturated rings. The number of para-hydroxylation sites is 1. The van der Waals surface area contributed by atoms with Crippen molar-refractivity contribution < 1.29 is 14.4 Å².